The molecule has 0 bridgehead atoms. The van der Waals surface area contributed by atoms with Gasteiger partial charge in [-0.1, -0.05) is 5.16 Å². The summed E-state index contributed by atoms with van der Waals surface area (Å²) in [5.41, 5.74) is -0.146. The molecule has 2 atom stereocenters. The fourth-order valence-electron chi connectivity index (χ4n) is 2.90. The second kappa shape index (κ2) is 10.3. The van der Waals surface area contributed by atoms with Gasteiger partial charge in [0.2, 0.25) is 11.8 Å². The van der Waals surface area contributed by atoms with Crippen LogP contribution in [-0.4, -0.2) is 73.6 Å². The van der Waals surface area contributed by atoms with Crippen molar-refractivity contribution in [2.24, 2.45) is 0 Å². The van der Waals surface area contributed by atoms with Crippen molar-refractivity contribution in [2.75, 3.05) is 12.4 Å². The predicted octanol–water partition coefficient (Wildman–Crippen LogP) is -5.79. The molecule has 1 fully saturated rings. The molecule has 2 N–H and O–H groups in total. The Balaban J connectivity index is 0.00000341. The summed E-state index contributed by atoms with van der Waals surface area (Å²) >= 11 is 1.20. The third-order valence-corrected chi connectivity index (χ3v) is 5.48. The number of fused-ring (bicyclic) bond motifs is 1. The summed E-state index contributed by atoms with van der Waals surface area (Å²) in [6.07, 6.45) is -0.845. The summed E-state index contributed by atoms with van der Waals surface area (Å²) in [5.74, 6) is -4.69. The molecular formula is C16H15N4NaO9S. The maximum atomic E-state index is 12.5. The second-order valence-corrected chi connectivity index (χ2v) is 7.43. The van der Waals surface area contributed by atoms with Gasteiger partial charge in [0.15, 0.2) is 5.82 Å². The van der Waals surface area contributed by atoms with Crippen molar-refractivity contribution < 1.29 is 73.0 Å². The van der Waals surface area contributed by atoms with Gasteiger partial charge in [-0.2, -0.15) is 4.98 Å². The summed E-state index contributed by atoms with van der Waals surface area (Å²) < 4.78 is 9.61. The van der Waals surface area contributed by atoms with E-state index >= 15 is 0 Å². The number of carbonyl (C=O) groups excluding carboxylic acids is 4. The number of carboxylic acid groups (broad SMARTS) is 2. The van der Waals surface area contributed by atoms with E-state index in [2.05, 4.69) is 15.5 Å². The zero-order valence-corrected chi connectivity index (χ0v) is 19.3. The minimum Gasteiger partial charge on any atom is -0.543 e. The number of rotatable bonds is 8. The van der Waals surface area contributed by atoms with Crippen LogP contribution in [-0.2, 0) is 41.6 Å². The molecule has 31 heavy (non-hydrogen) atoms. The molecule has 160 valence electrons. The number of nitrogens with one attached hydrogen (secondary N) is 1. The fourth-order valence-corrected chi connectivity index (χ4v) is 4.23. The number of β-lactam (4-membered cyclic amide) rings is 1. The van der Waals surface area contributed by atoms with Gasteiger partial charge >= 0.3 is 41.5 Å². The number of aliphatic carboxylic acids is 2. The van der Waals surface area contributed by atoms with Crippen molar-refractivity contribution in [1.82, 2.24) is 20.4 Å². The molecule has 1 aromatic heterocycles. The Morgan fingerprint density at radius 1 is 1.35 bits per heavy atom. The minimum absolute atomic E-state index is 0. The molecule has 0 saturated carbocycles. The van der Waals surface area contributed by atoms with E-state index in [0.29, 0.717) is 0 Å². The molecule has 2 aliphatic heterocycles. The van der Waals surface area contributed by atoms with Gasteiger partial charge in [0.05, 0.1) is 11.7 Å². The number of amides is 2. The second-order valence-electron chi connectivity index (χ2n) is 6.33. The molecule has 0 aromatic carbocycles. The summed E-state index contributed by atoms with van der Waals surface area (Å²) in [5, 5.41) is 25.4. The Kier molecular flexibility index (Phi) is 8.22. The SMILES string of the molecule is CC(=O)OCC1=C(C(=O)[O-])N2C(=O)C(NC(=O)Cc3nc(CC(=O)O)no3)[C@@H]2SC1.[Na+]. The third-order valence-electron chi connectivity index (χ3n) is 4.14. The summed E-state index contributed by atoms with van der Waals surface area (Å²) in [6.45, 7) is 0.890. The van der Waals surface area contributed by atoms with E-state index in [4.69, 9.17) is 14.4 Å². The van der Waals surface area contributed by atoms with Crippen LogP contribution >= 0.6 is 11.8 Å². The van der Waals surface area contributed by atoms with Crippen molar-refractivity contribution in [3.63, 3.8) is 0 Å². The Morgan fingerprint density at radius 2 is 2.06 bits per heavy atom. The number of nitrogens with zero attached hydrogens (tertiary/aromatic N) is 3. The molecule has 0 spiro atoms. The largest absolute Gasteiger partial charge is 1.00 e. The summed E-state index contributed by atoms with van der Waals surface area (Å²) in [6, 6.07) is -0.978. The molecule has 13 nitrogen and oxygen atoms in total. The molecule has 3 heterocycles. The normalized spacial score (nSPS) is 19.6. The van der Waals surface area contributed by atoms with Gasteiger partial charge in [-0.3, -0.25) is 24.1 Å². The van der Waals surface area contributed by atoms with Gasteiger partial charge in [-0.25, -0.2) is 0 Å². The number of aromatic nitrogens is 2. The topological polar surface area (TPSA) is 192 Å². The molecule has 3 rings (SSSR count). The van der Waals surface area contributed by atoms with Gasteiger partial charge in [0, 0.05) is 18.2 Å². The van der Waals surface area contributed by atoms with Crippen molar-refractivity contribution in [1.29, 1.82) is 0 Å². The maximum Gasteiger partial charge on any atom is 1.00 e. The zero-order chi connectivity index (χ0) is 22.0. The molecule has 1 saturated heterocycles. The van der Waals surface area contributed by atoms with E-state index in [1.165, 1.54) is 18.7 Å². The van der Waals surface area contributed by atoms with E-state index in [1.807, 2.05) is 0 Å². The van der Waals surface area contributed by atoms with Gasteiger partial charge in [-0.05, 0) is 0 Å². The first-order valence-electron chi connectivity index (χ1n) is 8.51. The Morgan fingerprint density at radius 3 is 2.68 bits per heavy atom. The zero-order valence-electron chi connectivity index (χ0n) is 16.4. The average molecular weight is 462 g/mol. The summed E-state index contributed by atoms with van der Waals surface area (Å²) in [7, 11) is 0. The van der Waals surface area contributed by atoms with Crippen LogP contribution in [0.1, 0.15) is 18.6 Å². The number of thioether (sulfide) groups is 1. The van der Waals surface area contributed by atoms with Crippen LogP contribution < -0.4 is 40.0 Å². The van der Waals surface area contributed by atoms with Gasteiger partial charge in [0.25, 0.3) is 5.91 Å². The van der Waals surface area contributed by atoms with E-state index in [9.17, 15) is 29.1 Å². The molecule has 0 aliphatic carbocycles. The molecular weight excluding hydrogens is 447 g/mol. The molecule has 2 amide bonds. The number of carboxylic acids is 2. The number of esters is 1. The Hall–Kier alpha value is -2.42. The van der Waals surface area contributed by atoms with Crippen LogP contribution in [0.3, 0.4) is 0 Å². The van der Waals surface area contributed by atoms with E-state index in [-0.39, 0.29) is 71.3 Å². The first-order chi connectivity index (χ1) is 14.2. The van der Waals surface area contributed by atoms with Crippen LogP contribution in [0.25, 0.3) is 0 Å². The van der Waals surface area contributed by atoms with Gasteiger partial charge in [-0.15, -0.1) is 11.8 Å². The number of hydrogen-bond donors (Lipinski definition) is 2. The van der Waals surface area contributed by atoms with Crippen molar-refractivity contribution >= 4 is 41.5 Å². The van der Waals surface area contributed by atoms with Gasteiger partial charge in [0.1, 0.15) is 30.9 Å². The Labute approximate surface area is 200 Å². The van der Waals surface area contributed by atoms with Crippen LogP contribution in [0.2, 0.25) is 0 Å². The smallest absolute Gasteiger partial charge is 0.543 e. The van der Waals surface area contributed by atoms with Crippen LogP contribution in [0.15, 0.2) is 15.8 Å². The molecule has 1 unspecified atom stereocenters. The quantitative estimate of drug-likeness (QED) is 0.212. The predicted molar refractivity (Wildman–Crippen MR) is 93.0 cm³/mol. The van der Waals surface area contributed by atoms with Crippen molar-refractivity contribution in [3.8, 4) is 0 Å². The van der Waals surface area contributed by atoms with Crippen molar-refractivity contribution in [2.45, 2.75) is 31.2 Å². The number of hydrogen-bond acceptors (Lipinski definition) is 11. The van der Waals surface area contributed by atoms with E-state index < -0.39 is 47.6 Å². The number of carbonyl (C=O) groups is 5. The monoisotopic (exact) mass is 462 g/mol. The first-order valence-corrected chi connectivity index (χ1v) is 9.56. The molecule has 0 radical (unpaired) electrons. The van der Waals surface area contributed by atoms with E-state index in [1.54, 1.807) is 0 Å². The average Bonchev–Trinajstić information content (AvgIpc) is 3.09. The first kappa shape index (κ1) is 24.8. The molecule has 2 aliphatic rings. The van der Waals surface area contributed by atoms with Crippen molar-refractivity contribution in [3.05, 3.63) is 23.0 Å². The maximum absolute atomic E-state index is 12.5. The van der Waals surface area contributed by atoms with Crippen LogP contribution in [0.5, 0.6) is 0 Å². The fraction of sp³-hybridized carbons (Fsp3) is 0.438. The van der Waals surface area contributed by atoms with Gasteiger partial charge < -0.3 is 29.6 Å². The summed E-state index contributed by atoms with van der Waals surface area (Å²) in [4.78, 5) is 62.5. The minimum atomic E-state index is -1.59. The number of ether oxygens (including phenoxy) is 1. The van der Waals surface area contributed by atoms with Crippen LogP contribution in [0, 0.1) is 0 Å². The Bertz CT molecular complexity index is 963. The van der Waals surface area contributed by atoms with E-state index in [0.717, 1.165) is 4.90 Å². The molecule has 1 aromatic rings. The van der Waals surface area contributed by atoms with Crippen LogP contribution in [0.4, 0.5) is 0 Å². The third kappa shape index (κ3) is 5.64. The standard InChI is InChI=1S/C16H16N4O9S.Na/c1-6(21)28-4-7-5-30-15-12(14(25)20(15)13(7)16(26)27)18-9(22)3-10-17-8(19-29-10)2-11(23)24;/h12,15H,2-5H2,1H3,(H,18,22)(H,23,24)(H,26,27);/q;+1/p-1/t12?,15-;/m0./s1. The molecule has 15 heteroatoms.